The molecule has 0 bridgehead atoms. The highest BCUT2D eigenvalue weighted by Gasteiger charge is 2.36. The lowest BCUT2D eigenvalue weighted by Gasteiger charge is -2.31. The number of carbonyl (C=O) groups is 7. The summed E-state index contributed by atoms with van der Waals surface area (Å²) in [5, 5.41) is 13.1. The number of amides is 6. The molecular weight excluding hydrogens is 829 g/mol. The third-order valence-electron chi connectivity index (χ3n) is 11.0. The van der Waals surface area contributed by atoms with Crippen LogP contribution in [0.15, 0.2) is 78.1 Å². The summed E-state index contributed by atoms with van der Waals surface area (Å²) in [5.74, 6) is -6.30. The number of aromatic nitrogens is 2. The zero-order valence-corrected chi connectivity index (χ0v) is 37.3. The highest BCUT2D eigenvalue weighted by atomic mass is 32.2. The zero-order valence-electron chi connectivity index (χ0n) is 36.5. The van der Waals surface area contributed by atoms with Gasteiger partial charge in [-0.25, -0.2) is 18.1 Å². The average molecular weight is 889 g/mol. The second-order valence-electron chi connectivity index (χ2n) is 16.4. The number of hydrogen-bond donors (Lipinski definition) is 6. The lowest BCUT2D eigenvalue weighted by atomic mass is 9.84. The first-order chi connectivity index (χ1) is 30.0. The molecule has 6 N–H and O–H groups in total. The molecule has 5 unspecified atom stereocenters. The number of benzene rings is 2. The molecule has 1 aromatic heterocycles. The summed E-state index contributed by atoms with van der Waals surface area (Å²) in [6.45, 7) is 8.12. The summed E-state index contributed by atoms with van der Waals surface area (Å²) < 4.78 is 28.0. The predicted molar refractivity (Wildman–Crippen MR) is 235 cm³/mol. The van der Waals surface area contributed by atoms with Gasteiger partial charge in [0.25, 0.3) is 27.7 Å². The molecule has 2 aromatic carbocycles. The minimum atomic E-state index is -4.34. The number of Topliss-reactive ketones (excluding diaryl/α,β-unsaturated/α-hetero) is 1. The van der Waals surface area contributed by atoms with Crippen molar-refractivity contribution in [2.45, 2.75) is 121 Å². The van der Waals surface area contributed by atoms with Crippen molar-refractivity contribution in [3.8, 4) is 11.1 Å². The van der Waals surface area contributed by atoms with Crippen LogP contribution in [0, 0.1) is 17.8 Å². The molecule has 1 aliphatic rings. The lowest BCUT2D eigenvalue weighted by Crippen LogP contribution is -2.60. The van der Waals surface area contributed by atoms with Gasteiger partial charge in [0, 0.05) is 12.4 Å². The summed E-state index contributed by atoms with van der Waals surface area (Å²) in [6.07, 6.45) is 9.57. The number of rotatable bonds is 22. The number of nitrogens with one attached hydrogen (secondary N) is 6. The van der Waals surface area contributed by atoms with Gasteiger partial charge >= 0.3 is 0 Å². The zero-order chi connectivity index (χ0) is 46.1. The Bertz CT molecular complexity index is 2170. The van der Waals surface area contributed by atoms with Crippen molar-refractivity contribution in [1.29, 1.82) is 0 Å². The van der Waals surface area contributed by atoms with Crippen molar-refractivity contribution in [3.05, 3.63) is 78.9 Å². The molecule has 1 fully saturated rings. The molecule has 6 amide bonds. The Labute approximate surface area is 369 Å². The Hall–Kier alpha value is -6.04. The molecule has 1 heterocycles. The second kappa shape index (κ2) is 24.0. The highest BCUT2D eigenvalue weighted by Crippen LogP contribution is 2.28. The van der Waals surface area contributed by atoms with Crippen LogP contribution in [0.1, 0.15) is 103 Å². The van der Waals surface area contributed by atoms with Crippen LogP contribution in [0.4, 0.5) is 0 Å². The van der Waals surface area contributed by atoms with E-state index in [0.717, 1.165) is 37.7 Å². The molecule has 0 spiro atoms. The van der Waals surface area contributed by atoms with Gasteiger partial charge in [-0.05, 0) is 60.3 Å². The maximum atomic E-state index is 14.1. The average Bonchev–Trinajstić information content (AvgIpc) is 3.28. The maximum Gasteiger partial charge on any atom is 0.290 e. The molecule has 63 heavy (non-hydrogen) atoms. The third-order valence-corrected chi connectivity index (χ3v) is 12.4. The van der Waals surface area contributed by atoms with Crippen LogP contribution in [0.2, 0.25) is 0 Å². The first kappa shape index (κ1) is 49.6. The largest absolute Gasteiger partial charge is 0.344 e. The minimum absolute atomic E-state index is 0.0132. The van der Waals surface area contributed by atoms with E-state index >= 15 is 0 Å². The van der Waals surface area contributed by atoms with E-state index in [2.05, 4.69) is 36.6 Å². The van der Waals surface area contributed by atoms with E-state index in [1.54, 1.807) is 44.2 Å². The van der Waals surface area contributed by atoms with E-state index in [1.807, 2.05) is 31.6 Å². The smallest absolute Gasteiger partial charge is 0.290 e. The Morgan fingerprint density at radius 1 is 0.730 bits per heavy atom. The monoisotopic (exact) mass is 888 g/mol. The molecule has 0 aliphatic heterocycles. The number of sulfonamides is 1. The van der Waals surface area contributed by atoms with Gasteiger partial charge in [0.1, 0.15) is 23.8 Å². The fourth-order valence-corrected chi connectivity index (χ4v) is 8.34. The number of hydrogen-bond acceptors (Lipinski definition) is 11. The van der Waals surface area contributed by atoms with Crippen LogP contribution >= 0.6 is 0 Å². The summed E-state index contributed by atoms with van der Waals surface area (Å²) in [4.78, 5) is 102. The highest BCUT2D eigenvalue weighted by molar-refractivity contribution is 7.90. The fourth-order valence-electron chi connectivity index (χ4n) is 7.31. The molecule has 3 aromatic rings. The van der Waals surface area contributed by atoms with Gasteiger partial charge in [0.2, 0.25) is 23.5 Å². The van der Waals surface area contributed by atoms with Crippen LogP contribution in [0.5, 0.6) is 0 Å². The van der Waals surface area contributed by atoms with Crippen molar-refractivity contribution in [1.82, 2.24) is 41.3 Å². The minimum Gasteiger partial charge on any atom is -0.344 e. The quantitative estimate of drug-likeness (QED) is 0.0799. The van der Waals surface area contributed by atoms with E-state index in [0.29, 0.717) is 12.0 Å². The van der Waals surface area contributed by atoms with Crippen LogP contribution in [-0.2, 0) is 38.8 Å². The first-order valence-electron chi connectivity index (χ1n) is 21.5. The molecule has 0 saturated heterocycles. The van der Waals surface area contributed by atoms with E-state index < -0.39 is 87.9 Å². The third kappa shape index (κ3) is 15.1. The Balaban J connectivity index is 1.42. The first-order valence-corrected chi connectivity index (χ1v) is 23.0. The van der Waals surface area contributed by atoms with Gasteiger partial charge in [-0.3, -0.25) is 38.5 Å². The van der Waals surface area contributed by atoms with Crippen LogP contribution in [0.25, 0.3) is 11.1 Å². The summed E-state index contributed by atoms with van der Waals surface area (Å²) >= 11 is 0. The lowest BCUT2D eigenvalue weighted by molar-refractivity contribution is -0.141. The van der Waals surface area contributed by atoms with Gasteiger partial charge in [-0.2, -0.15) is 0 Å². The molecule has 0 radical (unpaired) electrons. The summed E-state index contributed by atoms with van der Waals surface area (Å²) in [7, 11) is -4.34. The predicted octanol–water partition coefficient (Wildman–Crippen LogP) is 3.36. The number of nitrogens with zero attached hydrogens (tertiary/aromatic N) is 2. The topological polar surface area (TPSA) is 252 Å². The molecule has 17 nitrogen and oxygen atoms in total. The Morgan fingerprint density at radius 3 is 2.03 bits per heavy atom. The normalized spacial score (nSPS) is 15.4. The van der Waals surface area contributed by atoms with E-state index in [4.69, 9.17) is 0 Å². The van der Waals surface area contributed by atoms with E-state index in [-0.39, 0.29) is 41.7 Å². The van der Waals surface area contributed by atoms with Crippen LogP contribution in [0.3, 0.4) is 0 Å². The molecular formula is C45H60N8O9S. The van der Waals surface area contributed by atoms with E-state index in [1.165, 1.54) is 36.8 Å². The van der Waals surface area contributed by atoms with E-state index in [9.17, 15) is 42.0 Å². The SMILES string of the molecule is CCC(NC(=O)C(CC1CCCCC1)NC(=O)C(NC(=O)C(CC(C)C)NC(=O)c1cnccn1)C(C)CC)C(=O)C(=O)NCC(=O)NS(=O)(=O)c1cccc(-c2ccccc2)c1. The van der Waals surface area contributed by atoms with Crippen LogP contribution in [-0.4, -0.2) is 90.3 Å². The fraction of sp³-hybridized carbons (Fsp3) is 0.489. The van der Waals surface area contributed by atoms with Gasteiger partial charge in [-0.1, -0.05) is 116 Å². The van der Waals surface area contributed by atoms with Gasteiger partial charge in [0.15, 0.2) is 0 Å². The van der Waals surface area contributed by atoms with Gasteiger partial charge in [0.05, 0.1) is 23.7 Å². The maximum absolute atomic E-state index is 14.1. The van der Waals surface area contributed by atoms with Crippen molar-refractivity contribution in [2.24, 2.45) is 17.8 Å². The molecule has 1 aliphatic carbocycles. The Morgan fingerprint density at radius 2 is 1.40 bits per heavy atom. The summed E-state index contributed by atoms with van der Waals surface area (Å²) in [6, 6.07) is 10.4. The van der Waals surface area contributed by atoms with Crippen molar-refractivity contribution in [3.63, 3.8) is 0 Å². The molecule has 1 saturated carbocycles. The molecule has 18 heteroatoms. The standard InChI is InChI=1S/C45H60N8O9S/c1-6-29(5)39(52-42(57)35(23-28(3)4)50-43(58)37-26-46-21-22-47-37)44(59)51-36(24-30-15-10-8-11-16-30)41(56)49-34(7-2)40(55)45(60)48-27-38(54)53-63(61,62)33-20-14-19-32(25-33)31-17-12-9-13-18-31/h9,12-14,17-22,25-26,28-30,34-36,39H,6-8,10-11,15-16,23-24,27H2,1-5H3,(H,48,60)(H,49,56)(H,50,58)(H,51,59)(H,52,57)(H,53,54). The number of carbonyl (C=O) groups excluding carboxylic acids is 7. The summed E-state index contributed by atoms with van der Waals surface area (Å²) in [5.41, 5.74) is 1.39. The van der Waals surface area contributed by atoms with Crippen molar-refractivity contribution >= 4 is 51.2 Å². The van der Waals surface area contributed by atoms with Crippen molar-refractivity contribution in [2.75, 3.05) is 6.54 Å². The second-order valence-corrected chi connectivity index (χ2v) is 18.0. The molecule has 5 atom stereocenters. The van der Waals surface area contributed by atoms with Crippen LogP contribution < -0.4 is 31.3 Å². The Kier molecular flexibility index (Phi) is 18.9. The van der Waals surface area contributed by atoms with Crippen molar-refractivity contribution < 1.29 is 42.0 Å². The van der Waals surface area contributed by atoms with Gasteiger partial charge in [-0.15, -0.1) is 0 Å². The molecule has 4 rings (SSSR count). The molecule has 340 valence electrons. The van der Waals surface area contributed by atoms with Gasteiger partial charge < -0.3 is 26.6 Å². The number of ketones is 1.